The summed E-state index contributed by atoms with van der Waals surface area (Å²) >= 11 is -1.16. The lowest BCUT2D eigenvalue weighted by Crippen LogP contribution is -2.63. The van der Waals surface area contributed by atoms with Gasteiger partial charge >= 0.3 is 16.4 Å². The molecule has 0 aromatic carbocycles. The van der Waals surface area contributed by atoms with E-state index in [9.17, 15) is 34.8 Å². The predicted octanol–water partition coefficient (Wildman–Crippen LogP) is 1.73. The first kappa shape index (κ1) is 12.9. The molecule has 0 amide bonds. The lowest BCUT2D eigenvalue weighted by Gasteiger charge is -2.39. The summed E-state index contributed by atoms with van der Waals surface area (Å²) in [6.45, 7) is 0. The molecule has 1 aliphatic heterocycles. The van der Waals surface area contributed by atoms with Crippen molar-refractivity contribution < 1.29 is 34.8 Å². The summed E-state index contributed by atoms with van der Waals surface area (Å²) in [7, 11) is -5.44. The molecule has 0 aromatic rings. The van der Waals surface area contributed by atoms with E-state index in [1.54, 1.807) is 0 Å². The van der Waals surface area contributed by atoms with Gasteiger partial charge in [-0.15, -0.1) is 3.71 Å². The molecule has 11 heteroatoms. The van der Waals surface area contributed by atoms with Crippen molar-refractivity contribution in [3.8, 4) is 0 Å². The van der Waals surface area contributed by atoms with E-state index in [0.29, 0.717) is 7.05 Å². The Kier molecular flexibility index (Phi) is 2.53. The maximum Gasteiger partial charge on any atom is 0.428 e. The lowest BCUT2D eigenvalue weighted by atomic mass is 10.3. The van der Waals surface area contributed by atoms with Crippen molar-refractivity contribution in [1.29, 1.82) is 0 Å². The van der Waals surface area contributed by atoms with Gasteiger partial charge in [-0.05, 0) is 0 Å². The molecule has 1 rings (SSSR count). The third-order valence-electron chi connectivity index (χ3n) is 1.64. The van der Waals surface area contributed by atoms with Gasteiger partial charge in [0, 0.05) is 19.0 Å². The minimum atomic E-state index is -5.95. The summed E-state index contributed by atoms with van der Waals surface area (Å²) in [6.07, 6.45) is 0. The van der Waals surface area contributed by atoms with Crippen molar-refractivity contribution in [1.82, 2.24) is 3.71 Å². The first-order valence-electron chi connectivity index (χ1n) is 3.19. The van der Waals surface area contributed by atoms with Crippen LogP contribution >= 0.6 is 11.9 Å². The molecule has 0 saturated carbocycles. The quantitative estimate of drug-likeness (QED) is 0.499. The average molecular weight is 275 g/mol. The maximum absolute atomic E-state index is 12.6. The van der Waals surface area contributed by atoms with Crippen LogP contribution in [0.1, 0.15) is 0 Å². The van der Waals surface area contributed by atoms with Crippen molar-refractivity contribution in [3.05, 3.63) is 0 Å². The Morgan fingerprint density at radius 3 is 1.87 bits per heavy atom. The Bertz CT molecular complexity index is 379. The zero-order valence-corrected chi connectivity index (χ0v) is 8.48. The maximum atomic E-state index is 12.6. The SMILES string of the molecule is CN1SC(F)(F)C(F)(F)C(F)(F)S1(=O)=O. The molecular weight excluding hydrogens is 272 g/mol. The largest absolute Gasteiger partial charge is 0.428 e. The van der Waals surface area contributed by atoms with E-state index in [2.05, 4.69) is 0 Å². The van der Waals surface area contributed by atoms with Gasteiger partial charge in [0.05, 0.1) is 0 Å². The highest BCUT2D eigenvalue weighted by Crippen LogP contribution is 2.59. The van der Waals surface area contributed by atoms with E-state index in [4.69, 9.17) is 0 Å². The van der Waals surface area contributed by atoms with Crippen LogP contribution in [0.15, 0.2) is 0 Å². The molecule has 1 fully saturated rings. The topological polar surface area (TPSA) is 37.4 Å². The van der Waals surface area contributed by atoms with Gasteiger partial charge in [-0.25, -0.2) is 8.42 Å². The van der Waals surface area contributed by atoms with E-state index in [1.807, 2.05) is 0 Å². The fraction of sp³-hybridized carbons (Fsp3) is 1.00. The smallest absolute Gasteiger partial charge is 0.205 e. The van der Waals surface area contributed by atoms with Crippen molar-refractivity contribution in [2.24, 2.45) is 0 Å². The molecule has 1 saturated heterocycles. The van der Waals surface area contributed by atoms with Crippen LogP contribution < -0.4 is 0 Å². The van der Waals surface area contributed by atoms with Crippen molar-refractivity contribution in [2.75, 3.05) is 7.05 Å². The van der Waals surface area contributed by atoms with Gasteiger partial charge in [0.25, 0.3) is 10.0 Å². The summed E-state index contributed by atoms with van der Waals surface area (Å²) < 4.78 is 96.1. The summed E-state index contributed by atoms with van der Waals surface area (Å²) in [6, 6.07) is 0. The van der Waals surface area contributed by atoms with Gasteiger partial charge < -0.3 is 0 Å². The van der Waals surface area contributed by atoms with E-state index in [0.717, 1.165) is 0 Å². The number of sulfonamides is 1. The Morgan fingerprint density at radius 1 is 1.07 bits per heavy atom. The van der Waals surface area contributed by atoms with Crippen LogP contribution in [0.5, 0.6) is 0 Å². The zero-order chi connectivity index (χ0) is 12.3. The zero-order valence-electron chi connectivity index (χ0n) is 6.85. The first-order chi connectivity index (χ1) is 6.38. The number of alkyl halides is 6. The highest BCUT2D eigenvalue weighted by atomic mass is 32.3. The Balaban J connectivity index is 3.44. The molecule has 1 heterocycles. The minimum Gasteiger partial charge on any atom is -0.205 e. The van der Waals surface area contributed by atoms with Crippen molar-refractivity contribution >= 4 is 22.0 Å². The molecule has 3 nitrogen and oxygen atoms in total. The average Bonchev–Trinajstić information content (AvgIpc) is 2.00. The second-order valence-electron chi connectivity index (χ2n) is 2.61. The van der Waals surface area contributed by atoms with Crippen molar-refractivity contribution in [3.63, 3.8) is 0 Å². The minimum absolute atomic E-state index is 0.344. The molecule has 0 aromatic heterocycles. The van der Waals surface area contributed by atoms with Crippen LogP contribution in [-0.2, 0) is 10.0 Å². The molecule has 0 aliphatic carbocycles. The van der Waals surface area contributed by atoms with E-state index >= 15 is 0 Å². The standard InChI is InChI=1S/C4H3F6NO2S2/c1-11-14-3(7,8)2(5,6)4(9,10)15(11,12)13/h1H3. The van der Waals surface area contributed by atoms with Crippen molar-refractivity contribution in [2.45, 2.75) is 16.4 Å². The van der Waals surface area contributed by atoms with Gasteiger partial charge in [0.2, 0.25) is 0 Å². The molecule has 90 valence electrons. The number of hydrogen-bond acceptors (Lipinski definition) is 3. The molecule has 0 atom stereocenters. The highest BCUT2D eigenvalue weighted by Gasteiger charge is 2.82. The number of hydrogen-bond donors (Lipinski definition) is 0. The normalized spacial score (nSPS) is 32.5. The fourth-order valence-electron chi connectivity index (χ4n) is 0.761. The van der Waals surface area contributed by atoms with Crippen LogP contribution in [-0.4, -0.2) is 35.6 Å². The number of halogens is 6. The van der Waals surface area contributed by atoms with Gasteiger partial charge in [-0.3, -0.25) is 0 Å². The molecule has 0 radical (unpaired) electrons. The van der Waals surface area contributed by atoms with Gasteiger partial charge in [-0.1, -0.05) is 0 Å². The third kappa shape index (κ3) is 1.35. The number of nitrogens with zero attached hydrogens (tertiary/aromatic N) is 1. The van der Waals surface area contributed by atoms with Crippen LogP contribution in [0.25, 0.3) is 0 Å². The second kappa shape index (κ2) is 2.94. The second-order valence-corrected chi connectivity index (χ2v) is 6.10. The highest BCUT2D eigenvalue weighted by molar-refractivity contribution is 8.10. The molecule has 0 N–H and O–H groups in total. The molecule has 15 heavy (non-hydrogen) atoms. The lowest BCUT2D eigenvalue weighted by molar-refractivity contribution is -0.245. The van der Waals surface area contributed by atoms with Crippen LogP contribution in [0, 0.1) is 0 Å². The van der Waals surface area contributed by atoms with Crippen LogP contribution in [0.4, 0.5) is 26.3 Å². The third-order valence-corrected chi connectivity index (χ3v) is 4.77. The summed E-state index contributed by atoms with van der Waals surface area (Å²) in [5, 5.41) is -11.0. The summed E-state index contributed by atoms with van der Waals surface area (Å²) in [4.78, 5) is 0. The van der Waals surface area contributed by atoms with E-state index in [1.165, 1.54) is 0 Å². The van der Waals surface area contributed by atoms with Crippen LogP contribution in [0.3, 0.4) is 0 Å². The molecular formula is C4H3F6NO2S2. The molecule has 1 aliphatic rings. The number of rotatable bonds is 0. The van der Waals surface area contributed by atoms with E-state index < -0.39 is 42.1 Å². The Labute approximate surface area is 84.6 Å². The first-order valence-corrected chi connectivity index (χ1v) is 5.40. The summed E-state index contributed by atoms with van der Waals surface area (Å²) in [5.74, 6) is -5.95. The van der Waals surface area contributed by atoms with E-state index in [-0.39, 0.29) is 0 Å². The molecule has 0 spiro atoms. The molecule has 0 unspecified atom stereocenters. The van der Waals surface area contributed by atoms with Gasteiger partial charge in [0.1, 0.15) is 0 Å². The Hall–Kier alpha value is -0.160. The fourth-order valence-corrected chi connectivity index (χ4v) is 3.12. The van der Waals surface area contributed by atoms with Gasteiger partial charge in [-0.2, -0.15) is 26.3 Å². The predicted molar refractivity (Wildman–Crippen MR) is 39.1 cm³/mol. The van der Waals surface area contributed by atoms with Gasteiger partial charge in [0.15, 0.2) is 0 Å². The van der Waals surface area contributed by atoms with Crippen LogP contribution in [0.2, 0.25) is 0 Å². The molecule has 0 bridgehead atoms. The summed E-state index contributed by atoms with van der Waals surface area (Å²) in [5.41, 5.74) is 0. The Morgan fingerprint density at radius 2 is 1.47 bits per heavy atom. The monoisotopic (exact) mass is 275 g/mol.